The number of carbonyl (C=O) groups excluding carboxylic acids is 1. The van der Waals surface area contributed by atoms with Gasteiger partial charge < -0.3 is 14.6 Å². The molecule has 3 aliphatic rings. The van der Waals surface area contributed by atoms with E-state index in [0.29, 0.717) is 24.4 Å². The first kappa shape index (κ1) is 14.2. The lowest BCUT2D eigenvalue weighted by molar-refractivity contribution is -0.148. The highest BCUT2D eigenvalue weighted by Gasteiger charge is 2.46. The summed E-state index contributed by atoms with van der Waals surface area (Å²) in [5.74, 6) is -0.968. The molecule has 6 heteroatoms. The minimum absolute atomic E-state index is 0.0711. The molecule has 2 aliphatic heterocycles. The number of carboxylic acid groups (broad SMARTS) is 1. The van der Waals surface area contributed by atoms with Crippen LogP contribution in [0.5, 0.6) is 0 Å². The lowest BCUT2D eigenvalue weighted by Gasteiger charge is -2.48. The van der Waals surface area contributed by atoms with E-state index in [4.69, 9.17) is 0 Å². The Balaban J connectivity index is 1.66. The quantitative estimate of drug-likeness (QED) is 0.919. The molecule has 2 saturated heterocycles. The van der Waals surface area contributed by atoms with E-state index in [0.717, 1.165) is 23.9 Å². The van der Waals surface area contributed by atoms with Gasteiger partial charge in [-0.1, -0.05) is 0 Å². The Morgan fingerprint density at radius 3 is 2.87 bits per heavy atom. The van der Waals surface area contributed by atoms with Gasteiger partial charge in [0.2, 0.25) is 0 Å². The van der Waals surface area contributed by atoms with E-state index in [1.54, 1.807) is 17.3 Å². The molecule has 6 nitrogen and oxygen atoms in total. The number of fused-ring (bicyclic) bond motifs is 4. The van der Waals surface area contributed by atoms with E-state index in [1.165, 1.54) is 0 Å². The van der Waals surface area contributed by atoms with Crippen molar-refractivity contribution >= 4 is 22.9 Å². The molecular weight excluding hydrogens is 294 g/mol. The fourth-order valence-electron chi connectivity index (χ4n) is 4.13. The summed E-state index contributed by atoms with van der Waals surface area (Å²) in [6.45, 7) is 0.674. The van der Waals surface area contributed by atoms with Gasteiger partial charge in [0.25, 0.3) is 5.91 Å². The topological polar surface area (TPSA) is 75.4 Å². The normalized spacial score (nSPS) is 26.7. The van der Waals surface area contributed by atoms with Crippen LogP contribution in [0.1, 0.15) is 29.6 Å². The van der Waals surface area contributed by atoms with Crippen molar-refractivity contribution in [2.75, 3.05) is 6.54 Å². The molecule has 23 heavy (non-hydrogen) atoms. The third-order valence-electron chi connectivity index (χ3n) is 5.33. The molecule has 3 fully saturated rings. The van der Waals surface area contributed by atoms with Crippen LogP contribution in [0.25, 0.3) is 11.0 Å². The number of aromatic nitrogens is 2. The highest BCUT2D eigenvalue weighted by molar-refractivity contribution is 5.98. The summed E-state index contributed by atoms with van der Waals surface area (Å²) in [6.07, 6.45) is 4.24. The number of hydrogen-bond donors (Lipinski definition) is 1. The Morgan fingerprint density at radius 1 is 1.30 bits per heavy atom. The Labute approximate surface area is 133 Å². The van der Waals surface area contributed by atoms with Gasteiger partial charge in [-0.25, -0.2) is 4.98 Å². The molecule has 120 valence electrons. The van der Waals surface area contributed by atoms with Crippen LogP contribution in [-0.2, 0) is 11.8 Å². The van der Waals surface area contributed by atoms with E-state index >= 15 is 0 Å². The van der Waals surface area contributed by atoms with Gasteiger partial charge in [0.05, 0.1) is 23.3 Å². The van der Waals surface area contributed by atoms with Crippen molar-refractivity contribution in [2.24, 2.45) is 18.9 Å². The van der Waals surface area contributed by atoms with E-state index < -0.39 is 11.9 Å². The third-order valence-corrected chi connectivity index (χ3v) is 5.33. The predicted octanol–water partition coefficient (Wildman–Crippen LogP) is 1.90. The van der Waals surface area contributed by atoms with Gasteiger partial charge in [-0.2, -0.15) is 0 Å². The van der Waals surface area contributed by atoms with Crippen molar-refractivity contribution in [1.29, 1.82) is 0 Å². The third kappa shape index (κ3) is 2.20. The van der Waals surface area contributed by atoms with Crippen molar-refractivity contribution < 1.29 is 14.7 Å². The molecule has 2 bridgehead atoms. The van der Waals surface area contributed by atoms with Crippen LogP contribution in [0.2, 0.25) is 0 Å². The summed E-state index contributed by atoms with van der Waals surface area (Å²) < 4.78 is 1.91. The Bertz CT molecular complexity index is 797. The summed E-state index contributed by atoms with van der Waals surface area (Å²) in [7, 11) is 1.91. The van der Waals surface area contributed by atoms with Gasteiger partial charge in [0, 0.05) is 25.2 Å². The second kappa shape index (κ2) is 5.08. The van der Waals surface area contributed by atoms with Crippen molar-refractivity contribution in [1.82, 2.24) is 14.5 Å². The molecule has 5 rings (SSSR count). The number of imidazole rings is 1. The fourth-order valence-corrected chi connectivity index (χ4v) is 4.13. The summed E-state index contributed by atoms with van der Waals surface area (Å²) in [6, 6.07) is 5.33. The molecule has 1 aromatic heterocycles. The van der Waals surface area contributed by atoms with Crippen LogP contribution in [0.4, 0.5) is 0 Å². The summed E-state index contributed by atoms with van der Waals surface area (Å²) in [4.78, 5) is 30.5. The van der Waals surface area contributed by atoms with Crippen LogP contribution in [0.3, 0.4) is 0 Å². The minimum atomic E-state index is -0.780. The Morgan fingerprint density at radius 2 is 2.13 bits per heavy atom. The summed E-state index contributed by atoms with van der Waals surface area (Å²) in [5.41, 5.74) is 2.35. The highest BCUT2D eigenvalue weighted by atomic mass is 16.4. The van der Waals surface area contributed by atoms with Crippen molar-refractivity contribution in [3.05, 3.63) is 30.1 Å². The van der Waals surface area contributed by atoms with Gasteiger partial charge in [-0.3, -0.25) is 9.59 Å². The molecule has 3 unspecified atom stereocenters. The molecule has 3 heterocycles. The van der Waals surface area contributed by atoms with Gasteiger partial charge in [-0.05, 0) is 43.4 Å². The van der Waals surface area contributed by atoms with Crippen molar-refractivity contribution in [3.63, 3.8) is 0 Å². The lowest BCUT2D eigenvalue weighted by atomic mass is 9.72. The molecule has 1 aromatic carbocycles. The first-order valence-corrected chi connectivity index (χ1v) is 7.99. The van der Waals surface area contributed by atoms with E-state index in [-0.39, 0.29) is 11.9 Å². The fraction of sp³-hybridized carbons (Fsp3) is 0.471. The molecular formula is C17H19N3O3. The monoisotopic (exact) mass is 313 g/mol. The molecule has 1 aliphatic carbocycles. The molecule has 1 N–H and O–H groups in total. The van der Waals surface area contributed by atoms with Gasteiger partial charge in [0.15, 0.2) is 0 Å². The van der Waals surface area contributed by atoms with Crippen LogP contribution in [-0.4, -0.2) is 44.0 Å². The van der Waals surface area contributed by atoms with Crippen LogP contribution in [0, 0.1) is 11.8 Å². The number of rotatable bonds is 2. The first-order valence-electron chi connectivity index (χ1n) is 7.99. The second-order valence-electron chi connectivity index (χ2n) is 6.71. The number of aryl methyl sites for hydroxylation is 1. The second-order valence-corrected chi connectivity index (χ2v) is 6.71. The zero-order valence-electron chi connectivity index (χ0n) is 13.0. The number of piperidine rings is 2. The number of aliphatic carboxylic acids is 1. The first-order chi connectivity index (χ1) is 11.0. The summed E-state index contributed by atoms with van der Waals surface area (Å²) in [5, 5.41) is 9.42. The highest BCUT2D eigenvalue weighted by Crippen LogP contribution is 2.40. The number of amides is 1. The van der Waals surface area contributed by atoms with Gasteiger partial charge >= 0.3 is 5.97 Å². The van der Waals surface area contributed by atoms with Crippen LogP contribution < -0.4 is 0 Å². The molecule has 1 amide bonds. The maximum Gasteiger partial charge on any atom is 0.308 e. The molecule has 3 atom stereocenters. The lowest BCUT2D eigenvalue weighted by Crippen LogP contribution is -2.57. The minimum Gasteiger partial charge on any atom is -0.481 e. The van der Waals surface area contributed by atoms with Crippen molar-refractivity contribution in [2.45, 2.75) is 25.3 Å². The zero-order valence-corrected chi connectivity index (χ0v) is 13.0. The number of benzene rings is 1. The average molecular weight is 313 g/mol. The van der Waals surface area contributed by atoms with Crippen molar-refractivity contribution in [3.8, 4) is 0 Å². The molecule has 1 saturated carbocycles. The molecule has 2 aromatic rings. The number of carboxylic acids is 1. The van der Waals surface area contributed by atoms with E-state index in [2.05, 4.69) is 4.98 Å². The number of nitrogens with zero attached hydrogens (tertiary/aromatic N) is 3. The van der Waals surface area contributed by atoms with Crippen LogP contribution in [0.15, 0.2) is 24.5 Å². The van der Waals surface area contributed by atoms with Gasteiger partial charge in [0.1, 0.15) is 0 Å². The maximum atomic E-state index is 12.9. The number of carbonyl (C=O) groups is 2. The van der Waals surface area contributed by atoms with Gasteiger partial charge in [-0.15, -0.1) is 0 Å². The summed E-state index contributed by atoms with van der Waals surface area (Å²) >= 11 is 0. The molecule has 0 spiro atoms. The standard InChI is InChI=1S/C17H19N3O3/c1-19-9-18-13-7-11(3-5-15(13)19)16(21)20-8-10-2-4-14(20)12(6-10)17(22)23/h3,5,7,9-10,12,14H,2,4,6,8H2,1H3,(H,22,23). The smallest absolute Gasteiger partial charge is 0.308 e. The average Bonchev–Trinajstić information content (AvgIpc) is 2.95. The molecule has 0 radical (unpaired) electrons. The Kier molecular flexibility index (Phi) is 3.14. The Hall–Kier alpha value is -2.37. The van der Waals surface area contributed by atoms with E-state index in [9.17, 15) is 14.7 Å². The maximum absolute atomic E-state index is 12.9. The van der Waals surface area contributed by atoms with E-state index in [1.807, 2.05) is 23.7 Å². The number of hydrogen-bond acceptors (Lipinski definition) is 3. The SMILES string of the molecule is Cn1cnc2cc(C(=O)N3CC4CCC3C(C(=O)O)C4)ccc21. The predicted molar refractivity (Wildman–Crippen MR) is 84.0 cm³/mol. The van der Waals surface area contributed by atoms with Crippen LogP contribution >= 0.6 is 0 Å². The zero-order chi connectivity index (χ0) is 16.1. The largest absolute Gasteiger partial charge is 0.481 e.